The minimum absolute atomic E-state index is 0.0304. The zero-order valence-corrected chi connectivity index (χ0v) is 13.0. The first-order valence-electron chi connectivity index (χ1n) is 7.43. The number of quaternary nitrogens is 1. The van der Waals surface area contributed by atoms with Crippen molar-refractivity contribution in [3.63, 3.8) is 0 Å². The summed E-state index contributed by atoms with van der Waals surface area (Å²) in [7, 11) is 0. The van der Waals surface area contributed by atoms with Crippen molar-refractivity contribution in [2.24, 2.45) is 5.92 Å². The Hall–Kier alpha value is -1.06. The molecule has 1 amide bonds. The lowest BCUT2D eigenvalue weighted by Crippen LogP contribution is -3.14. The molecule has 0 aliphatic carbocycles. The maximum atomic E-state index is 12.1. The molecule has 1 aromatic rings. The SMILES string of the molecule is CC1CC[NH+](CC(=O)N[C@@H](C)c2ccc(Cl)cc2)CC1. The summed E-state index contributed by atoms with van der Waals surface area (Å²) in [5.74, 6) is 0.951. The number of likely N-dealkylation sites (tertiary alicyclic amines) is 1. The third-order valence-corrected chi connectivity index (χ3v) is 4.39. The molecule has 1 aliphatic heterocycles. The van der Waals surface area contributed by atoms with Crippen LogP contribution < -0.4 is 10.2 Å². The number of nitrogens with one attached hydrogen (secondary N) is 2. The van der Waals surface area contributed by atoms with Crippen LogP contribution in [0, 0.1) is 5.92 Å². The van der Waals surface area contributed by atoms with Crippen molar-refractivity contribution >= 4 is 17.5 Å². The fourth-order valence-corrected chi connectivity index (χ4v) is 2.83. The van der Waals surface area contributed by atoms with Crippen molar-refractivity contribution in [3.8, 4) is 0 Å². The second-order valence-electron chi connectivity index (χ2n) is 5.95. The fraction of sp³-hybridized carbons (Fsp3) is 0.562. The van der Waals surface area contributed by atoms with E-state index in [0.29, 0.717) is 6.54 Å². The minimum atomic E-state index is 0.0304. The van der Waals surface area contributed by atoms with Crippen LogP contribution in [0.4, 0.5) is 0 Å². The molecule has 1 fully saturated rings. The molecule has 0 aromatic heterocycles. The molecule has 1 heterocycles. The third-order valence-electron chi connectivity index (χ3n) is 4.14. The number of halogens is 1. The molecule has 110 valence electrons. The molecule has 0 saturated carbocycles. The van der Waals surface area contributed by atoms with Crippen molar-refractivity contribution in [2.75, 3.05) is 19.6 Å². The molecule has 0 unspecified atom stereocenters. The predicted molar refractivity (Wildman–Crippen MR) is 82.0 cm³/mol. The summed E-state index contributed by atoms with van der Waals surface area (Å²) < 4.78 is 0. The number of hydrogen-bond acceptors (Lipinski definition) is 1. The van der Waals surface area contributed by atoms with Crippen LogP contribution in [0.1, 0.15) is 38.3 Å². The first-order valence-corrected chi connectivity index (χ1v) is 7.81. The van der Waals surface area contributed by atoms with Gasteiger partial charge in [0.05, 0.1) is 19.1 Å². The molecule has 2 N–H and O–H groups in total. The number of carbonyl (C=O) groups is 1. The van der Waals surface area contributed by atoms with E-state index in [-0.39, 0.29) is 11.9 Å². The first kappa shape index (κ1) is 15.3. The van der Waals surface area contributed by atoms with Crippen molar-refractivity contribution < 1.29 is 9.69 Å². The van der Waals surface area contributed by atoms with E-state index in [4.69, 9.17) is 11.6 Å². The van der Waals surface area contributed by atoms with Crippen molar-refractivity contribution in [1.29, 1.82) is 0 Å². The highest BCUT2D eigenvalue weighted by atomic mass is 35.5. The quantitative estimate of drug-likeness (QED) is 0.873. The van der Waals surface area contributed by atoms with Crippen LogP contribution in [-0.4, -0.2) is 25.5 Å². The van der Waals surface area contributed by atoms with E-state index in [9.17, 15) is 4.79 Å². The predicted octanol–water partition coefficient (Wildman–Crippen LogP) is 1.83. The maximum absolute atomic E-state index is 12.1. The average molecular weight is 296 g/mol. The Morgan fingerprint density at radius 2 is 1.95 bits per heavy atom. The topological polar surface area (TPSA) is 33.5 Å². The lowest BCUT2D eigenvalue weighted by molar-refractivity contribution is -0.898. The highest BCUT2D eigenvalue weighted by molar-refractivity contribution is 6.30. The van der Waals surface area contributed by atoms with Crippen LogP contribution in [0.3, 0.4) is 0 Å². The summed E-state index contributed by atoms with van der Waals surface area (Å²) >= 11 is 5.87. The van der Waals surface area contributed by atoms with E-state index in [0.717, 1.165) is 29.6 Å². The number of rotatable bonds is 4. The van der Waals surface area contributed by atoms with Crippen LogP contribution in [0.5, 0.6) is 0 Å². The van der Waals surface area contributed by atoms with Gasteiger partial charge in [0.25, 0.3) is 5.91 Å². The third kappa shape index (κ3) is 4.50. The largest absolute Gasteiger partial charge is 0.345 e. The van der Waals surface area contributed by atoms with Crippen LogP contribution in [0.25, 0.3) is 0 Å². The van der Waals surface area contributed by atoms with Gasteiger partial charge in [0.1, 0.15) is 0 Å². The van der Waals surface area contributed by atoms with Gasteiger partial charge >= 0.3 is 0 Å². The van der Waals surface area contributed by atoms with Gasteiger partial charge in [0, 0.05) is 5.02 Å². The Balaban J connectivity index is 1.80. The molecule has 20 heavy (non-hydrogen) atoms. The van der Waals surface area contributed by atoms with Gasteiger partial charge < -0.3 is 10.2 Å². The van der Waals surface area contributed by atoms with Crippen molar-refractivity contribution in [2.45, 2.75) is 32.7 Å². The normalized spacial score (nSPS) is 24.1. The Morgan fingerprint density at radius 3 is 2.55 bits per heavy atom. The van der Waals surface area contributed by atoms with Gasteiger partial charge in [-0.2, -0.15) is 0 Å². The standard InChI is InChI=1S/C16H23ClN2O/c1-12-7-9-19(10-8-12)11-16(20)18-13(2)14-3-5-15(17)6-4-14/h3-6,12-13H,7-11H2,1-2H3,(H,18,20)/p+1/t13-/m0/s1. The van der Waals surface area contributed by atoms with Crippen LogP contribution >= 0.6 is 11.6 Å². The smallest absolute Gasteiger partial charge is 0.275 e. The molecule has 0 bridgehead atoms. The van der Waals surface area contributed by atoms with Crippen LogP contribution in [-0.2, 0) is 4.79 Å². The Morgan fingerprint density at radius 1 is 1.35 bits per heavy atom. The van der Waals surface area contributed by atoms with Crippen LogP contribution in [0.15, 0.2) is 24.3 Å². The second kappa shape index (κ2) is 7.09. The highest BCUT2D eigenvalue weighted by Gasteiger charge is 2.22. The fourth-order valence-electron chi connectivity index (χ4n) is 2.70. The number of piperidine rings is 1. The van der Waals surface area contributed by atoms with Gasteiger partial charge in [-0.25, -0.2) is 0 Å². The Labute approximate surface area is 126 Å². The second-order valence-corrected chi connectivity index (χ2v) is 6.39. The average Bonchev–Trinajstić information content (AvgIpc) is 2.42. The zero-order chi connectivity index (χ0) is 14.5. The van der Waals surface area contributed by atoms with Gasteiger partial charge in [0.2, 0.25) is 0 Å². The summed E-state index contributed by atoms with van der Waals surface area (Å²) in [5.41, 5.74) is 1.09. The molecule has 2 rings (SSSR count). The van der Waals surface area contributed by atoms with Gasteiger partial charge in [0.15, 0.2) is 6.54 Å². The summed E-state index contributed by atoms with van der Waals surface area (Å²) in [6, 6.07) is 7.67. The number of hydrogen-bond donors (Lipinski definition) is 2. The van der Waals surface area contributed by atoms with Gasteiger partial charge in [-0.15, -0.1) is 0 Å². The Bertz CT molecular complexity index is 438. The van der Waals surface area contributed by atoms with E-state index in [2.05, 4.69) is 12.2 Å². The molecular weight excluding hydrogens is 272 g/mol. The molecule has 1 aliphatic rings. The maximum Gasteiger partial charge on any atom is 0.275 e. The molecule has 1 atom stereocenters. The minimum Gasteiger partial charge on any atom is -0.345 e. The van der Waals surface area contributed by atoms with Gasteiger partial charge in [-0.1, -0.05) is 30.7 Å². The summed E-state index contributed by atoms with van der Waals surface area (Å²) in [5, 5.41) is 3.79. The molecule has 3 nitrogen and oxygen atoms in total. The van der Waals surface area contributed by atoms with E-state index < -0.39 is 0 Å². The van der Waals surface area contributed by atoms with Crippen molar-refractivity contribution in [3.05, 3.63) is 34.9 Å². The number of benzene rings is 1. The van der Waals surface area contributed by atoms with Gasteiger partial charge in [-0.05, 0) is 43.4 Å². The van der Waals surface area contributed by atoms with E-state index in [1.165, 1.54) is 17.7 Å². The lowest BCUT2D eigenvalue weighted by atomic mass is 9.99. The number of carbonyl (C=O) groups excluding carboxylic acids is 1. The zero-order valence-electron chi connectivity index (χ0n) is 12.3. The van der Waals surface area contributed by atoms with E-state index in [1.807, 2.05) is 31.2 Å². The molecule has 4 heteroatoms. The summed E-state index contributed by atoms with van der Waals surface area (Å²) in [4.78, 5) is 13.5. The first-order chi connectivity index (χ1) is 9.54. The Kier molecular flexibility index (Phi) is 5.44. The monoisotopic (exact) mass is 295 g/mol. The number of amides is 1. The molecule has 1 aromatic carbocycles. The molecule has 1 saturated heterocycles. The lowest BCUT2D eigenvalue weighted by Gasteiger charge is -2.27. The van der Waals surface area contributed by atoms with Crippen molar-refractivity contribution in [1.82, 2.24) is 5.32 Å². The van der Waals surface area contributed by atoms with Gasteiger partial charge in [-0.3, -0.25) is 4.79 Å². The molecule has 0 spiro atoms. The van der Waals surface area contributed by atoms with E-state index in [1.54, 1.807) is 0 Å². The molecular formula is C16H24ClN2O+. The summed E-state index contributed by atoms with van der Waals surface area (Å²) in [6.07, 6.45) is 2.46. The summed E-state index contributed by atoms with van der Waals surface area (Å²) in [6.45, 7) is 7.12. The van der Waals surface area contributed by atoms with Crippen LogP contribution in [0.2, 0.25) is 5.02 Å². The molecule has 0 radical (unpaired) electrons. The highest BCUT2D eigenvalue weighted by Crippen LogP contribution is 2.15. The van der Waals surface area contributed by atoms with E-state index >= 15 is 0 Å².